The number of nitrogens with zero attached hydrogens (tertiary/aromatic N) is 3. The van der Waals surface area contributed by atoms with Gasteiger partial charge < -0.3 is 14.4 Å². The van der Waals surface area contributed by atoms with Gasteiger partial charge in [0, 0.05) is 50.6 Å². The molecule has 0 spiro atoms. The zero-order chi connectivity index (χ0) is 18.4. The van der Waals surface area contributed by atoms with Gasteiger partial charge in [-0.2, -0.15) is 0 Å². The quantitative estimate of drug-likeness (QED) is 0.759. The third-order valence-electron chi connectivity index (χ3n) is 3.93. The highest BCUT2D eigenvalue weighted by atomic mass is 16.6. The molecule has 0 radical (unpaired) electrons. The van der Waals surface area contributed by atoms with Crippen molar-refractivity contribution in [2.24, 2.45) is 0 Å². The van der Waals surface area contributed by atoms with E-state index in [9.17, 15) is 9.59 Å². The number of carbonyl (C=O) groups is 2. The monoisotopic (exact) mass is 349 g/mol. The van der Waals surface area contributed by atoms with Crippen molar-refractivity contribution >= 4 is 12.4 Å². The lowest BCUT2D eigenvalue weighted by atomic mass is 10.2. The smallest absolute Gasteiger partial charge is 0.410 e. The van der Waals surface area contributed by atoms with Crippen LogP contribution < -0.4 is 4.74 Å². The average molecular weight is 349 g/mol. The van der Waals surface area contributed by atoms with Crippen molar-refractivity contribution in [2.45, 2.75) is 33.3 Å². The predicted octanol–water partition coefficient (Wildman–Crippen LogP) is 2.13. The molecule has 0 bridgehead atoms. The number of hydrogen-bond acceptors (Lipinski definition) is 6. The molecule has 0 aromatic carbocycles. The zero-order valence-electron chi connectivity index (χ0n) is 15.4. The number of pyridine rings is 1. The number of piperazine rings is 1. The molecule has 7 nitrogen and oxygen atoms in total. The van der Waals surface area contributed by atoms with Crippen molar-refractivity contribution in [3.05, 3.63) is 23.4 Å². The highest BCUT2D eigenvalue weighted by Gasteiger charge is 2.25. The van der Waals surface area contributed by atoms with Gasteiger partial charge in [-0.1, -0.05) is 0 Å². The first kappa shape index (κ1) is 19.2. The summed E-state index contributed by atoms with van der Waals surface area (Å²) in [5.74, 6) is 0.524. The first-order valence-corrected chi connectivity index (χ1v) is 8.53. The van der Waals surface area contributed by atoms with Gasteiger partial charge in [0.25, 0.3) is 0 Å². The van der Waals surface area contributed by atoms with Gasteiger partial charge in [0.05, 0.1) is 0 Å². The first-order valence-electron chi connectivity index (χ1n) is 8.53. The van der Waals surface area contributed by atoms with E-state index in [1.165, 1.54) is 6.20 Å². The van der Waals surface area contributed by atoms with E-state index in [2.05, 4.69) is 9.88 Å². The topological polar surface area (TPSA) is 72.0 Å². The Bertz CT molecular complexity index is 605. The Morgan fingerprint density at radius 3 is 2.52 bits per heavy atom. The van der Waals surface area contributed by atoms with Crippen LogP contribution in [-0.4, -0.2) is 72.1 Å². The zero-order valence-corrected chi connectivity index (χ0v) is 15.4. The van der Waals surface area contributed by atoms with E-state index in [1.54, 1.807) is 11.0 Å². The van der Waals surface area contributed by atoms with Gasteiger partial charge in [-0.15, -0.1) is 0 Å². The average Bonchev–Trinajstić information content (AvgIpc) is 2.54. The summed E-state index contributed by atoms with van der Waals surface area (Å²) in [6, 6.07) is 1.77. The second-order valence-electron chi connectivity index (χ2n) is 7.15. The van der Waals surface area contributed by atoms with Gasteiger partial charge in [0.1, 0.15) is 12.2 Å². The van der Waals surface area contributed by atoms with Crippen LogP contribution in [0.15, 0.2) is 12.3 Å². The molecule has 0 unspecified atom stereocenters. The maximum atomic E-state index is 12.0. The second-order valence-corrected chi connectivity index (χ2v) is 7.15. The second kappa shape index (κ2) is 8.29. The number of aromatic nitrogens is 1. The van der Waals surface area contributed by atoms with Crippen LogP contribution in [0.25, 0.3) is 0 Å². The Kier molecular flexibility index (Phi) is 6.36. The Hall–Kier alpha value is -2.15. The molecule has 1 aromatic heterocycles. The lowest BCUT2D eigenvalue weighted by molar-refractivity contribution is 0.0136. The predicted molar refractivity (Wildman–Crippen MR) is 94.1 cm³/mol. The number of rotatable bonds is 5. The molecule has 7 heteroatoms. The Labute approximate surface area is 148 Å². The van der Waals surface area contributed by atoms with Gasteiger partial charge in [0.15, 0.2) is 6.29 Å². The fourth-order valence-electron chi connectivity index (χ4n) is 2.50. The molecular weight excluding hydrogens is 322 g/mol. The maximum absolute atomic E-state index is 12.0. The molecule has 0 aliphatic carbocycles. The number of hydrogen-bond donors (Lipinski definition) is 0. The van der Waals surface area contributed by atoms with Crippen LogP contribution in [0.4, 0.5) is 4.79 Å². The SMILES string of the molecule is Cc1cc(OCCN2CCN(C(=O)OC(C)(C)C)CC2)ncc1C=O. The van der Waals surface area contributed by atoms with Crippen LogP contribution in [0, 0.1) is 6.92 Å². The summed E-state index contributed by atoms with van der Waals surface area (Å²) >= 11 is 0. The third-order valence-corrected chi connectivity index (χ3v) is 3.93. The van der Waals surface area contributed by atoms with Crippen molar-refractivity contribution in [3.63, 3.8) is 0 Å². The fourth-order valence-corrected chi connectivity index (χ4v) is 2.50. The number of carbonyl (C=O) groups excluding carboxylic acids is 2. The normalized spacial score (nSPS) is 15.8. The lowest BCUT2D eigenvalue weighted by Gasteiger charge is -2.35. The Morgan fingerprint density at radius 2 is 1.96 bits per heavy atom. The van der Waals surface area contributed by atoms with E-state index in [1.807, 2.05) is 27.7 Å². The molecule has 2 rings (SSSR count). The van der Waals surface area contributed by atoms with Crippen molar-refractivity contribution in [2.75, 3.05) is 39.3 Å². The van der Waals surface area contributed by atoms with Crippen LogP contribution in [0.3, 0.4) is 0 Å². The van der Waals surface area contributed by atoms with E-state index < -0.39 is 5.60 Å². The van der Waals surface area contributed by atoms with E-state index in [0.29, 0.717) is 31.1 Å². The minimum atomic E-state index is -0.466. The molecule has 0 N–H and O–H groups in total. The van der Waals surface area contributed by atoms with E-state index in [-0.39, 0.29) is 6.09 Å². The minimum absolute atomic E-state index is 0.252. The standard InChI is InChI=1S/C18H27N3O4/c1-14-11-16(19-12-15(14)13-22)24-10-9-20-5-7-21(8-6-20)17(23)25-18(2,3)4/h11-13H,5-10H2,1-4H3. The number of aldehydes is 1. The van der Waals surface area contributed by atoms with Crippen LogP contribution in [0.2, 0.25) is 0 Å². The molecule has 1 saturated heterocycles. The van der Waals surface area contributed by atoms with E-state index >= 15 is 0 Å². The van der Waals surface area contributed by atoms with Crippen LogP contribution in [0.1, 0.15) is 36.7 Å². The van der Waals surface area contributed by atoms with Gasteiger partial charge >= 0.3 is 6.09 Å². The van der Waals surface area contributed by atoms with Gasteiger partial charge in [-0.3, -0.25) is 9.69 Å². The van der Waals surface area contributed by atoms with Crippen molar-refractivity contribution in [1.29, 1.82) is 0 Å². The lowest BCUT2D eigenvalue weighted by Crippen LogP contribution is -2.50. The van der Waals surface area contributed by atoms with Crippen LogP contribution >= 0.6 is 0 Å². The molecule has 2 heterocycles. The van der Waals surface area contributed by atoms with Gasteiger partial charge in [0.2, 0.25) is 5.88 Å². The molecule has 25 heavy (non-hydrogen) atoms. The summed E-state index contributed by atoms with van der Waals surface area (Å²) in [7, 11) is 0. The van der Waals surface area contributed by atoms with Gasteiger partial charge in [-0.25, -0.2) is 9.78 Å². The molecule has 1 aliphatic heterocycles. The highest BCUT2D eigenvalue weighted by molar-refractivity contribution is 5.76. The Balaban J connectivity index is 1.71. The molecule has 138 valence electrons. The van der Waals surface area contributed by atoms with Crippen molar-refractivity contribution < 1.29 is 19.1 Å². The molecule has 0 saturated carbocycles. The van der Waals surface area contributed by atoms with Crippen LogP contribution in [-0.2, 0) is 4.74 Å². The maximum Gasteiger partial charge on any atom is 0.410 e. The summed E-state index contributed by atoms with van der Waals surface area (Å²) < 4.78 is 11.0. The largest absolute Gasteiger partial charge is 0.476 e. The summed E-state index contributed by atoms with van der Waals surface area (Å²) in [5, 5.41) is 0. The molecule has 1 aromatic rings. The highest BCUT2D eigenvalue weighted by Crippen LogP contribution is 2.13. The van der Waals surface area contributed by atoms with E-state index in [0.717, 1.165) is 31.5 Å². The summed E-state index contributed by atoms with van der Waals surface area (Å²) in [5.41, 5.74) is 0.962. The molecule has 1 fully saturated rings. The van der Waals surface area contributed by atoms with Crippen LogP contribution in [0.5, 0.6) is 5.88 Å². The van der Waals surface area contributed by atoms with Crippen molar-refractivity contribution in [1.82, 2.24) is 14.8 Å². The summed E-state index contributed by atoms with van der Waals surface area (Å²) in [4.78, 5) is 30.9. The fraction of sp³-hybridized carbons (Fsp3) is 0.611. The number of ether oxygens (including phenoxy) is 2. The third kappa shape index (κ3) is 6.01. The molecule has 0 atom stereocenters. The Morgan fingerprint density at radius 1 is 1.28 bits per heavy atom. The number of aryl methyl sites for hydroxylation is 1. The molecule has 1 aliphatic rings. The molecular formula is C18H27N3O4. The van der Waals surface area contributed by atoms with Crippen molar-refractivity contribution in [3.8, 4) is 5.88 Å². The minimum Gasteiger partial charge on any atom is -0.476 e. The van der Waals surface area contributed by atoms with E-state index in [4.69, 9.17) is 9.47 Å². The summed E-state index contributed by atoms with van der Waals surface area (Å²) in [6.07, 6.45) is 2.06. The summed E-state index contributed by atoms with van der Waals surface area (Å²) in [6.45, 7) is 11.6. The number of amides is 1. The first-order chi connectivity index (χ1) is 11.8. The van der Waals surface area contributed by atoms with Gasteiger partial charge in [-0.05, 0) is 33.3 Å². The molecule has 1 amide bonds.